The van der Waals surface area contributed by atoms with Crippen LogP contribution in [0.25, 0.3) is 0 Å². The average Bonchev–Trinajstić information content (AvgIpc) is 2.89. The average molecular weight is 269 g/mol. The second-order valence-corrected chi connectivity index (χ2v) is 6.13. The van der Waals surface area contributed by atoms with Gasteiger partial charge in [-0.2, -0.15) is 0 Å². The van der Waals surface area contributed by atoms with Gasteiger partial charge >= 0.3 is 0 Å². The molecule has 0 radical (unpaired) electrons. The minimum Gasteiger partial charge on any atom is -0.350 e. The van der Waals surface area contributed by atoms with Crippen molar-refractivity contribution in [2.75, 3.05) is 26.2 Å². The molecule has 112 valence electrons. The Morgan fingerprint density at radius 2 is 1.95 bits per heavy atom. The zero-order chi connectivity index (χ0) is 13.5. The lowest BCUT2D eigenvalue weighted by atomic mass is 9.99. The summed E-state index contributed by atoms with van der Waals surface area (Å²) in [5, 5.41) is 0. The molecule has 2 rings (SSSR count). The third kappa shape index (κ3) is 4.73. The van der Waals surface area contributed by atoms with Crippen molar-refractivity contribution in [3.05, 3.63) is 0 Å². The molecule has 0 aromatic carbocycles. The molecule has 0 spiro atoms. The molecule has 3 atom stereocenters. The fraction of sp³-hybridized carbons (Fsp3) is 1.00. The summed E-state index contributed by atoms with van der Waals surface area (Å²) < 4.78 is 12.1. The van der Waals surface area contributed by atoms with Gasteiger partial charge in [-0.1, -0.05) is 33.1 Å². The fourth-order valence-electron chi connectivity index (χ4n) is 3.24. The first-order chi connectivity index (χ1) is 9.33. The van der Waals surface area contributed by atoms with Crippen LogP contribution in [0, 0.1) is 5.92 Å². The Morgan fingerprint density at radius 1 is 1.16 bits per heavy atom. The number of likely N-dealkylation sites (tertiary alicyclic amines) is 1. The van der Waals surface area contributed by atoms with Gasteiger partial charge in [-0.3, -0.25) is 0 Å². The van der Waals surface area contributed by atoms with E-state index in [4.69, 9.17) is 9.47 Å². The molecular weight excluding hydrogens is 238 g/mol. The van der Waals surface area contributed by atoms with Crippen LogP contribution in [-0.4, -0.2) is 43.5 Å². The van der Waals surface area contributed by atoms with Crippen molar-refractivity contribution in [2.45, 2.75) is 71.2 Å². The van der Waals surface area contributed by atoms with Gasteiger partial charge in [0.15, 0.2) is 6.29 Å². The van der Waals surface area contributed by atoms with E-state index in [-0.39, 0.29) is 6.29 Å². The number of unbranched alkanes of at least 4 members (excludes halogenated alkanes) is 1. The van der Waals surface area contributed by atoms with Crippen LogP contribution in [0.4, 0.5) is 0 Å². The maximum Gasteiger partial charge on any atom is 0.161 e. The highest BCUT2D eigenvalue weighted by Gasteiger charge is 2.32. The quantitative estimate of drug-likeness (QED) is 0.707. The first-order valence-corrected chi connectivity index (χ1v) is 8.33. The van der Waals surface area contributed by atoms with Gasteiger partial charge in [0.05, 0.1) is 12.7 Å². The van der Waals surface area contributed by atoms with Crippen molar-refractivity contribution < 1.29 is 9.47 Å². The van der Waals surface area contributed by atoms with Crippen LogP contribution in [0.15, 0.2) is 0 Å². The summed E-state index contributed by atoms with van der Waals surface area (Å²) in [5.41, 5.74) is 0. The van der Waals surface area contributed by atoms with Crippen molar-refractivity contribution in [1.82, 2.24) is 4.90 Å². The predicted octanol–water partition coefficient (Wildman–Crippen LogP) is 3.43. The van der Waals surface area contributed by atoms with Gasteiger partial charge in [0.1, 0.15) is 0 Å². The number of hydrogen-bond acceptors (Lipinski definition) is 3. The maximum atomic E-state index is 6.15. The van der Waals surface area contributed by atoms with E-state index in [1.807, 2.05) is 0 Å². The highest BCUT2D eigenvalue weighted by molar-refractivity contribution is 4.76. The molecule has 2 saturated heterocycles. The number of piperidine rings is 1. The normalized spacial score (nSPS) is 30.6. The van der Waals surface area contributed by atoms with Gasteiger partial charge in [0.25, 0.3) is 0 Å². The SMILES string of the molecule is CCCC[C@H](CC)[C@H]1OC[C@H](CN2CCCCC2)O1. The van der Waals surface area contributed by atoms with Gasteiger partial charge in [0.2, 0.25) is 0 Å². The Hall–Kier alpha value is -0.120. The summed E-state index contributed by atoms with van der Waals surface area (Å²) in [5.74, 6) is 0.589. The Balaban J connectivity index is 1.71. The van der Waals surface area contributed by atoms with Crippen molar-refractivity contribution in [3.63, 3.8) is 0 Å². The standard InChI is InChI=1S/C16H31NO2/c1-3-5-9-14(4-2)16-18-13-15(19-16)12-17-10-7-6-8-11-17/h14-16H,3-13H2,1-2H3/t14-,15-,16-/m0/s1. The monoisotopic (exact) mass is 269 g/mol. The molecule has 0 bridgehead atoms. The molecule has 0 saturated carbocycles. The predicted molar refractivity (Wildman–Crippen MR) is 78.2 cm³/mol. The van der Waals surface area contributed by atoms with E-state index in [0.29, 0.717) is 12.0 Å². The van der Waals surface area contributed by atoms with Crippen LogP contribution < -0.4 is 0 Å². The Morgan fingerprint density at radius 3 is 2.63 bits per heavy atom. The molecule has 3 heteroatoms. The second kappa shape index (κ2) is 8.23. The maximum absolute atomic E-state index is 6.15. The van der Waals surface area contributed by atoms with Gasteiger partial charge in [-0.05, 0) is 38.8 Å². The minimum absolute atomic E-state index is 0.0614. The highest BCUT2D eigenvalue weighted by atomic mass is 16.7. The van der Waals surface area contributed by atoms with E-state index in [1.54, 1.807) is 0 Å². The van der Waals surface area contributed by atoms with E-state index in [1.165, 1.54) is 58.0 Å². The van der Waals surface area contributed by atoms with E-state index in [0.717, 1.165) is 13.2 Å². The van der Waals surface area contributed by atoms with Crippen LogP contribution in [0.2, 0.25) is 0 Å². The molecule has 0 aromatic heterocycles. The fourth-order valence-corrected chi connectivity index (χ4v) is 3.24. The summed E-state index contributed by atoms with van der Waals surface area (Å²) in [6, 6.07) is 0. The molecule has 2 fully saturated rings. The molecule has 0 unspecified atom stereocenters. The van der Waals surface area contributed by atoms with Crippen LogP contribution in [0.3, 0.4) is 0 Å². The molecular formula is C16H31NO2. The zero-order valence-electron chi connectivity index (χ0n) is 12.8. The molecule has 0 N–H and O–H groups in total. The smallest absolute Gasteiger partial charge is 0.161 e. The van der Waals surface area contributed by atoms with Gasteiger partial charge in [-0.25, -0.2) is 0 Å². The first kappa shape index (κ1) is 15.3. The Bertz CT molecular complexity index is 241. The van der Waals surface area contributed by atoms with Crippen LogP contribution in [0.5, 0.6) is 0 Å². The molecule has 3 nitrogen and oxygen atoms in total. The Labute approximate surface area is 118 Å². The zero-order valence-corrected chi connectivity index (χ0v) is 12.8. The van der Waals surface area contributed by atoms with Crippen molar-refractivity contribution in [2.24, 2.45) is 5.92 Å². The lowest BCUT2D eigenvalue weighted by molar-refractivity contribution is -0.103. The number of hydrogen-bond donors (Lipinski definition) is 0. The summed E-state index contributed by atoms with van der Waals surface area (Å²) in [6.07, 6.45) is 9.44. The van der Waals surface area contributed by atoms with E-state index < -0.39 is 0 Å². The lowest BCUT2D eigenvalue weighted by Crippen LogP contribution is -2.37. The molecule has 0 aromatic rings. The summed E-state index contributed by atoms with van der Waals surface area (Å²) in [7, 11) is 0. The number of ether oxygens (including phenoxy) is 2. The summed E-state index contributed by atoms with van der Waals surface area (Å²) in [4.78, 5) is 2.55. The molecule has 0 amide bonds. The van der Waals surface area contributed by atoms with Gasteiger partial charge in [0, 0.05) is 12.5 Å². The van der Waals surface area contributed by atoms with Crippen molar-refractivity contribution in [3.8, 4) is 0 Å². The minimum atomic E-state index is 0.0614. The van der Waals surface area contributed by atoms with Crippen molar-refractivity contribution >= 4 is 0 Å². The molecule has 19 heavy (non-hydrogen) atoms. The molecule has 2 heterocycles. The van der Waals surface area contributed by atoms with Crippen LogP contribution in [0.1, 0.15) is 58.8 Å². The van der Waals surface area contributed by atoms with Crippen molar-refractivity contribution in [1.29, 1.82) is 0 Å². The third-order valence-electron chi connectivity index (χ3n) is 4.52. The van der Waals surface area contributed by atoms with E-state index >= 15 is 0 Å². The Kier molecular flexibility index (Phi) is 6.62. The van der Waals surface area contributed by atoms with Crippen LogP contribution in [-0.2, 0) is 9.47 Å². The first-order valence-electron chi connectivity index (χ1n) is 8.33. The largest absolute Gasteiger partial charge is 0.350 e. The lowest BCUT2D eigenvalue weighted by Gasteiger charge is -2.28. The van der Waals surface area contributed by atoms with Gasteiger partial charge in [-0.15, -0.1) is 0 Å². The number of nitrogens with zero attached hydrogens (tertiary/aromatic N) is 1. The van der Waals surface area contributed by atoms with E-state index in [2.05, 4.69) is 18.7 Å². The van der Waals surface area contributed by atoms with E-state index in [9.17, 15) is 0 Å². The number of rotatable bonds is 7. The molecule has 2 aliphatic rings. The third-order valence-corrected chi connectivity index (χ3v) is 4.52. The topological polar surface area (TPSA) is 21.7 Å². The second-order valence-electron chi connectivity index (χ2n) is 6.13. The highest BCUT2D eigenvalue weighted by Crippen LogP contribution is 2.26. The summed E-state index contributed by atoms with van der Waals surface area (Å²) in [6.45, 7) is 8.87. The summed E-state index contributed by atoms with van der Waals surface area (Å²) >= 11 is 0. The van der Waals surface area contributed by atoms with Crippen LogP contribution >= 0.6 is 0 Å². The van der Waals surface area contributed by atoms with Gasteiger partial charge < -0.3 is 14.4 Å². The molecule has 0 aliphatic carbocycles. The molecule has 2 aliphatic heterocycles.